The highest BCUT2D eigenvalue weighted by Crippen LogP contribution is 2.32. The highest BCUT2D eigenvalue weighted by molar-refractivity contribution is 5.28. The van der Waals surface area contributed by atoms with Gasteiger partial charge in [0.15, 0.2) is 0 Å². The first kappa shape index (κ1) is 18.4. The van der Waals surface area contributed by atoms with Crippen LogP contribution in [0.15, 0.2) is 48.5 Å². The SMILES string of the molecule is C[C@H](CCc1ccc(C(F)(F)F)cc1)c1ccc(C(F)(F)F)cc1. The van der Waals surface area contributed by atoms with Crippen molar-refractivity contribution >= 4 is 0 Å². The van der Waals surface area contributed by atoms with Crippen LogP contribution in [-0.4, -0.2) is 0 Å². The fourth-order valence-corrected chi connectivity index (χ4v) is 2.41. The van der Waals surface area contributed by atoms with Crippen LogP contribution in [0.5, 0.6) is 0 Å². The molecule has 0 aliphatic heterocycles. The van der Waals surface area contributed by atoms with Gasteiger partial charge in [0.1, 0.15) is 0 Å². The van der Waals surface area contributed by atoms with Gasteiger partial charge in [0.25, 0.3) is 0 Å². The van der Waals surface area contributed by atoms with Crippen molar-refractivity contribution in [1.82, 2.24) is 0 Å². The second-order valence-corrected chi connectivity index (χ2v) is 5.75. The molecule has 0 radical (unpaired) electrons. The Bertz CT molecular complexity index is 650. The molecule has 0 nitrogen and oxygen atoms in total. The van der Waals surface area contributed by atoms with Crippen LogP contribution in [0.1, 0.15) is 41.5 Å². The second-order valence-electron chi connectivity index (χ2n) is 5.75. The zero-order valence-corrected chi connectivity index (χ0v) is 12.9. The molecule has 2 rings (SSSR count). The summed E-state index contributed by atoms with van der Waals surface area (Å²) in [4.78, 5) is 0. The maximum atomic E-state index is 12.5. The van der Waals surface area contributed by atoms with Gasteiger partial charge in [0.05, 0.1) is 11.1 Å². The monoisotopic (exact) mass is 346 g/mol. The molecule has 6 heteroatoms. The van der Waals surface area contributed by atoms with Crippen molar-refractivity contribution in [3.63, 3.8) is 0 Å². The average molecular weight is 346 g/mol. The van der Waals surface area contributed by atoms with Gasteiger partial charge < -0.3 is 0 Å². The van der Waals surface area contributed by atoms with Crippen LogP contribution in [0, 0.1) is 0 Å². The summed E-state index contributed by atoms with van der Waals surface area (Å²) in [7, 11) is 0. The van der Waals surface area contributed by atoms with E-state index in [2.05, 4.69) is 0 Å². The van der Waals surface area contributed by atoms with E-state index >= 15 is 0 Å². The lowest BCUT2D eigenvalue weighted by atomic mass is 9.93. The molecule has 0 heterocycles. The van der Waals surface area contributed by atoms with Crippen molar-refractivity contribution in [3.8, 4) is 0 Å². The topological polar surface area (TPSA) is 0 Å². The van der Waals surface area contributed by atoms with E-state index in [0.717, 1.165) is 35.4 Å². The number of hydrogen-bond acceptors (Lipinski definition) is 0. The Morgan fingerprint density at radius 2 is 1.12 bits per heavy atom. The molecule has 24 heavy (non-hydrogen) atoms. The molecule has 0 saturated carbocycles. The molecule has 0 N–H and O–H groups in total. The first-order valence-corrected chi connectivity index (χ1v) is 7.40. The second kappa shape index (κ2) is 6.87. The minimum atomic E-state index is -4.36. The number of hydrogen-bond donors (Lipinski definition) is 0. The van der Waals surface area contributed by atoms with Crippen LogP contribution in [-0.2, 0) is 18.8 Å². The predicted octanol–water partition coefficient (Wildman–Crippen LogP) is 6.46. The van der Waals surface area contributed by atoms with Gasteiger partial charge in [-0.1, -0.05) is 31.2 Å². The number of benzene rings is 2. The summed E-state index contributed by atoms with van der Waals surface area (Å²) >= 11 is 0. The van der Waals surface area contributed by atoms with Crippen LogP contribution in [0.25, 0.3) is 0 Å². The minimum Gasteiger partial charge on any atom is -0.166 e. The molecule has 0 amide bonds. The molecule has 130 valence electrons. The summed E-state index contributed by atoms with van der Waals surface area (Å²) in [5.41, 5.74) is 0.153. The van der Waals surface area contributed by atoms with Gasteiger partial charge in [-0.15, -0.1) is 0 Å². The van der Waals surface area contributed by atoms with Gasteiger partial charge in [-0.2, -0.15) is 26.3 Å². The molecule has 0 spiro atoms. The molecule has 2 aromatic carbocycles. The Labute approximate surface area is 136 Å². The zero-order chi connectivity index (χ0) is 18.0. The third-order valence-corrected chi connectivity index (χ3v) is 3.95. The van der Waals surface area contributed by atoms with Gasteiger partial charge in [0, 0.05) is 0 Å². The summed E-state index contributed by atoms with van der Waals surface area (Å²) in [6, 6.07) is 9.93. The number of rotatable bonds is 4. The van der Waals surface area contributed by atoms with Crippen molar-refractivity contribution in [1.29, 1.82) is 0 Å². The molecule has 0 aliphatic rings. The molecular weight excluding hydrogens is 330 g/mol. The number of aryl methyl sites for hydroxylation is 1. The van der Waals surface area contributed by atoms with Crippen molar-refractivity contribution in [2.24, 2.45) is 0 Å². The number of halogens is 6. The maximum Gasteiger partial charge on any atom is 0.416 e. The largest absolute Gasteiger partial charge is 0.416 e. The molecule has 0 fully saturated rings. The lowest BCUT2D eigenvalue weighted by Gasteiger charge is -2.14. The van der Waals surface area contributed by atoms with Gasteiger partial charge >= 0.3 is 12.4 Å². The highest BCUT2D eigenvalue weighted by atomic mass is 19.4. The Morgan fingerprint density at radius 1 is 0.708 bits per heavy atom. The minimum absolute atomic E-state index is 0.00887. The van der Waals surface area contributed by atoms with Gasteiger partial charge in [0.2, 0.25) is 0 Å². The van der Waals surface area contributed by atoms with Crippen molar-refractivity contribution < 1.29 is 26.3 Å². The number of alkyl halides is 6. The Hall–Kier alpha value is -1.98. The Kier molecular flexibility index (Phi) is 5.26. The van der Waals surface area contributed by atoms with Crippen molar-refractivity contribution in [2.45, 2.75) is 38.0 Å². The Balaban J connectivity index is 1.96. The van der Waals surface area contributed by atoms with Crippen LogP contribution in [0.4, 0.5) is 26.3 Å². The van der Waals surface area contributed by atoms with E-state index < -0.39 is 23.5 Å². The fourth-order valence-electron chi connectivity index (χ4n) is 2.41. The van der Waals surface area contributed by atoms with E-state index in [9.17, 15) is 26.3 Å². The van der Waals surface area contributed by atoms with E-state index in [-0.39, 0.29) is 5.92 Å². The van der Waals surface area contributed by atoms with Gasteiger partial charge in [-0.3, -0.25) is 0 Å². The molecule has 0 aliphatic carbocycles. The third kappa shape index (κ3) is 4.76. The molecule has 0 bridgehead atoms. The van der Waals surface area contributed by atoms with E-state index in [1.807, 2.05) is 6.92 Å². The first-order valence-electron chi connectivity index (χ1n) is 7.40. The summed E-state index contributed by atoms with van der Waals surface area (Å²) in [5, 5.41) is 0. The summed E-state index contributed by atoms with van der Waals surface area (Å²) in [6.45, 7) is 1.88. The Morgan fingerprint density at radius 3 is 1.54 bits per heavy atom. The zero-order valence-electron chi connectivity index (χ0n) is 12.9. The lowest BCUT2D eigenvalue weighted by Crippen LogP contribution is -2.05. The summed E-state index contributed by atoms with van der Waals surface area (Å²) < 4.78 is 75.1. The molecule has 0 aromatic heterocycles. The quantitative estimate of drug-likeness (QED) is 0.557. The summed E-state index contributed by atoms with van der Waals surface area (Å²) in [6.07, 6.45) is -7.52. The van der Waals surface area contributed by atoms with Gasteiger partial charge in [-0.05, 0) is 54.2 Å². The van der Waals surface area contributed by atoms with Gasteiger partial charge in [-0.25, -0.2) is 0 Å². The molecule has 0 saturated heterocycles. The molecular formula is C18H16F6. The first-order chi connectivity index (χ1) is 11.1. The van der Waals surface area contributed by atoms with Crippen LogP contribution in [0.2, 0.25) is 0 Å². The lowest BCUT2D eigenvalue weighted by molar-refractivity contribution is -0.138. The van der Waals surface area contributed by atoms with Crippen LogP contribution >= 0.6 is 0 Å². The van der Waals surface area contributed by atoms with E-state index in [4.69, 9.17) is 0 Å². The summed E-state index contributed by atoms with van der Waals surface area (Å²) in [5.74, 6) is 0.00887. The predicted molar refractivity (Wildman–Crippen MR) is 79.6 cm³/mol. The fraction of sp³-hybridized carbons (Fsp3) is 0.333. The smallest absolute Gasteiger partial charge is 0.166 e. The maximum absolute atomic E-state index is 12.5. The van der Waals surface area contributed by atoms with E-state index in [1.165, 1.54) is 24.3 Å². The molecule has 0 unspecified atom stereocenters. The van der Waals surface area contributed by atoms with E-state index in [0.29, 0.717) is 12.8 Å². The van der Waals surface area contributed by atoms with Crippen molar-refractivity contribution in [3.05, 3.63) is 70.8 Å². The van der Waals surface area contributed by atoms with E-state index in [1.54, 1.807) is 0 Å². The molecule has 2 aromatic rings. The van der Waals surface area contributed by atoms with Crippen LogP contribution in [0.3, 0.4) is 0 Å². The average Bonchev–Trinajstić information content (AvgIpc) is 2.51. The normalized spacial score (nSPS) is 13.8. The van der Waals surface area contributed by atoms with Crippen LogP contribution < -0.4 is 0 Å². The molecule has 1 atom stereocenters. The third-order valence-electron chi connectivity index (χ3n) is 3.95. The standard InChI is InChI=1S/C18H16F6/c1-12(14-6-10-16(11-7-14)18(22,23)24)2-3-13-4-8-15(9-5-13)17(19,20)21/h4-12H,2-3H2,1H3/t12-/m1/s1. The van der Waals surface area contributed by atoms with Crippen molar-refractivity contribution in [2.75, 3.05) is 0 Å². The highest BCUT2D eigenvalue weighted by Gasteiger charge is 2.30.